The average molecular weight is 401 g/mol. The summed E-state index contributed by atoms with van der Waals surface area (Å²) >= 11 is 1.75. The first-order valence-corrected chi connectivity index (χ1v) is 11.1. The SMILES string of the molecule is CCNC(=NCc1ccc(N2CCC(C)CC2)nc1)NCCc1ncc(C)s1. The third-order valence-corrected chi connectivity index (χ3v) is 5.95. The summed E-state index contributed by atoms with van der Waals surface area (Å²) < 4.78 is 0. The van der Waals surface area contributed by atoms with Gasteiger partial charge >= 0.3 is 0 Å². The fraction of sp³-hybridized carbons (Fsp3) is 0.571. The van der Waals surface area contributed by atoms with Crippen LogP contribution < -0.4 is 15.5 Å². The number of aliphatic imine (C=N–C) groups is 1. The van der Waals surface area contributed by atoms with Gasteiger partial charge in [0.2, 0.25) is 0 Å². The smallest absolute Gasteiger partial charge is 0.191 e. The molecule has 1 aliphatic rings. The number of anilines is 1. The largest absolute Gasteiger partial charge is 0.357 e. The number of guanidine groups is 1. The van der Waals surface area contributed by atoms with Crippen molar-refractivity contribution >= 4 is 23.1 Å². The van der Waals surface area contributed by atoms with Crippen LogP contribution in [0.5, 0.6) is 0 Å². The molecule has 0 unspecified atom stereocenters. The van der Waals surface area contributed by atoms with E-state index in [-0.39, 0.29) is 0 Å². The van der Waals surface area contributed by atoms with E-state index in [4.69, 9.17) is 4.99 Å². The molecule has 0 bridgehead atoms. The van der Waals surface area contributed by atoms with E-state index in [1.165, 1.54) is 17.7 Å². The van der Waals surface area contributed by atoms with Gasteiger partial charge in [0.1, 0.15) is 5.82 Å². The van der Waals surface area contributed by atoms with E-state index in [1.807, 2.05) is 12.4 Å². The monoisotopic (exact) mass is 400 g/mol. The van der Waals surface area contributed by atoms with Crippen molar-refractivity contribution in [3.63, 3.8) is 0 Å². The summed E-state index contributed by atoms with van der Waals surface area (Å²) in [6.07, 6.45) is 7.31. The molecule has 0 spiro atoms. The first-order valence-electron chi connectivity index (χ1n) is 10.3. The van der Waals surface area contributed by atoms with Crippen LogP contribution in [0, 0.1) is 12.8 Å². The number of thiazole rings is 1. The van der Waals surface area contributed by atoms with Crippen molar-refractivity contribution in [1.29, 1.82) is 0 Å². The average Bonchev–Trinajstić information content (AvgIpc) is 3.12. The lowest BCUT2D eigenvalue weighted by atomic mass is 9.99. The summed E-state index contributed by atoms with van der Waals surface area (Å²) in [5.74, 6) is 2.76. The zero-order valence-corrected chi connectivity index (χ0v) is 18.1. The fourth-order valence-corrected chi connectivity index (χ4v) is 4.04. The molecule has 0 radical (unpaired) electrons. The van der Waals surface area contributed by atoms with Gasteiger partial charge in [0.05, 0.1) is 11.6 Å². The number of nitrogens with zero attached hydrogens (tertiary/aromatic N) is 4. The highest BCUT2D eigenvalue weighted by Crippen LogP contribution is 2.21. The third kappa shape index (κ3) is 6.19. The van der Waals surface area contributed by atoms with E-state index in [0.29, 0.717) is 6.54 Å². The first-order chi connectivity index (χ1) is 13.6. The molecule has 2 aromatic heterocycles. The lowest BCUT2D eigenvalue weighted by Crippen LogP contribution is -2.38. The maximum atomic E-state index is 4.70. The lowest BCUT2D eigenvalue weighted by Gasteiger charge is -2.31. The van der Waals surface area contributed by atoms with E-state index in [1.54, 1.807) is 11.3 Å². The molecule has 6 nitrogen and oxygen atoms in total. The molecule has 2 aromatic rings. The van der Waals surface area contributed by atoms with E-state index < -0.39 is 0 Å². The maximum Gasteiger partial charge on any atom is 0.191 e. The first kappa shape index (κ1) is 20.6. The number of aromatic nitrogens is 2. The molecule has 0 atom stereocenters. The summed E-state index contributed by atoms with van der Waals surface area (Å²) in [5.41, 5.74) is 1.13. The minimum atomic E-state index is 0.621. The highest BCUT2D eigenvalue weighted by atomic mass is 32.1. The summed E-state index contributed by atoms with van der Waals surface area (Å²) in [5, 5.41) is 7.86. The Kier molecular flexibility index (Phi) is 7.65. The summed E-state index contributed by atoms with van der Waals surface area (Å²) in [7, 11) is 0. The molecule has 0 aromatic carbocycles. The van der Waals surface area contributed by atoms with Crippen LogP contribution >= 0.6 is 11.3 Å². The van der Waals surface area contributed by atoms with Crippen LogP contribution in [-0.2, 0) is 13.0 Å². The second-order valence-electron chi connectivity index (χ2n) is 7.43. The molecule has 3 rings (SSSR count). The minimum absolute atomic E-state index is 0.621. The van der Waals surface area contributed by atoms with Crippen LogP contribution in [0.2, 0.25) is 0 Å². The molecular formula is C21H32N6S. The molecule has 152 valence electrons. The van der Waals surface area contributed by atoms with Gasteiger partial charge in [-0.3, -0.25) is 0 Å². The van der Waals surface area contributed by atoms with Crippen molar-refractivity contribution in [1.82, 2.24) is 20.6 Å². The summed E-state index contributed by atoms with van der Waals surface area (Å²) in [6, 6.07) is 4.28. The van der Waals surface area contributed by atoms with Crippen LogP contribution in [0.3, 0.4) is 0 Å². The summed E-state index contributed by atoms with van der Waals surface area (Å²) in [4.78, 5) is 17.4. The predicted molar refractivity (Wildman–Crippen MR) is 118 cm³/mol. The molecule has 1 saturated heterocycles. The van der Waals surface area contributed by atoms with E-state index in [9.17, 15) is 0 Å². The molecule has 7 heteroatoms. The molecule has 0 aliphatic carbocycles. The number of pyridine rings is 1. The Balaban J connectivity index is 1.50. The van der Waals surface area contributed by atoms with E-state index >= 15 is 0 Å². The Morgan fingerprint density at radius 3 is 2.68 bits per heavy atom. The standard InChI is InChI=1S/C21H32N6S/c1-4-22-21(23-10-7-20-25-13-17(3)28-20)26-15-18-5-6-19(24-14-18)27-11-8-16(2)9-12-27/h5-6,13-14,16H,4,7-12,15H2,1-3H3,(H2,22,23,26). The Morgan fingerprint density at radius 1 is 1.21 bits per heavy atom. The topological polar surface area (TPSA) is 65.4 Å². The molecule has 1 aliphatic heterocycles. The van der Waals surface area contributed by atoms with Gasteiger partial charge in [-0.1, -0.05) is 13.0 Å². The maximum absolute atomic E-state index is 4.70. The van der Waals surface area contributed by atoms with Gasteiger partial charge < -0.3 is 15.5 Å². The summed E-state index contributed by atoms with van der Waals surface area (Å²) in [6.45, 7) is 11.0. The molecule has 2 N–H and O–H groups in total. The van der Waals surface area contributed by atoms with Crippen molar-refractivity contribution in [2.75, 3.05) is 31.1 Å². The highest BCUT2D eigenvalue weighted by molar-refractivity contribution is 7.11. The second kappa shape index (κ2) is 10.4. The Bertz CT molecular complexity index is 747. The number of aryl methyl sites for hydroxylation is 1. The molecule has 28 heavy (non-hydrogen) atoms. The van der Waals surface area contributed by atoms with Crippen LogP contribution in [0.4, 0.5) is 5.82 Å². The van der Waals surface area contributed by atoms with Gasteiger partial charge in [-0.05, 0) is 44.2 Å². The van der Waals surface area contributed by atoms with Crippen molar-refractivity contribution in [2.24, 2.45) is 10.9 Å². The minimum Gasteiger partial charge on any atom is -0.357 e. The quantitative estimate of drug-likeness (QED) is 0.551. The predicted octanol–water partition coefficient (Wildman–Crippen LogP) is 3.38. The van der Waals surface area contributed by atoms with Gasteiger partial charge in [0.25, 0.3) is 0 Å². The molecule has 3 heterocycles. The second-order valence-corrected chi connectivity index (χ2v) is 8.75. The molecule has 0 saturated carbocycles. The van der Waals surface area contributed by atoms with E-state index in [2.05, 4.69) is 58.4 Å². The lowest BCUT2D eigenvalue weighted by molar-refractivity contribution is 0.436. The van der Waals surface area contributed by atoms with Crippen LogP contribution in [0.1, 0.15) is 42.1 Å². The number of nitrogens with one attached hydrogen (secondary N) is 2. The van der Waals surface area contributed by atoms with Gasteiger partial charge in [-0.2, -0.15) is 0 Å². The Labute approximate surface area is 172 Å². The van der Waals surface area contributed by atoms with Crippen molar-refractivity contribution < 1.29 is 0 Å². The normalized spacial score (nSPS) is 15.7. The van der Waals surface area contributed by atoms with Gasteiger partial charge in [0.15, 0.2) is 5.96 Å². The molecular weight excluding hydrogens is 368 g/mol. The number of hydrogen-bond donors (Lipinski definition) is 2. The molecule has 0 amide bonds. The zero-order valence-electron chi connectivity index (χ0n) is 17.2. The number of hydrogen-bond acceptors (Lipinski definition) is 5. The third-order valence-electron chi connectivity index (χ3n) is 4.98. The van der Waals surface area contributed by atoms with Crippen LogP contribution in [0.25, 0.3) is 0 Å². The van der Waals surface area contributed by atoms with Crippen LogP contribution in [-0.4, -0.2) is 42.1 Å². The van der Waals surface area contributed by atoms with Gasteiger partial charge in [0, 0.05) is 49.9 Å². The highest BCUT2D eigenvalue weighted by Gasteiger charge is 2.16. The van der Waals surface area contributed by atoms with Crippen molar-refractivity contribution in [2.45, 2.75) is 46.6 Å². The van der Waals surface area contributed by atoms with Gasteiger partial charge in [-0.15, -0.1) is 11.3 Å². The van der Waals surface area contributed by atoms with Gasteiger partial charge in [-0.25, -0.2) is 15.0 Å². The number of piperidine rings is 1. The van der Waals surface area contributed by atoms with Crippen molar-refractivity contribution in [3.8, 4) is 0 Å². The Morgan fingerprint density at radius 2 is 2.04 bits per heavy atom. The Hall–Kier alpha value is -2.15. The van der Waals surface area contributed by atoms with E-state index in [0.717, 1.165) is 60.9 Å². The number of rotatable bonds is 7. The zero-order chi connectivity index (χ0) is 19.8. The van der Waals surface area contributed by atoms with Crippen LogP contribution in [0.15, 0.2) is 29.5 Å². The molecule has 1 fully saturated rings. The van der Waals surface area contributed by atoms with Crippen molar-refractivity contribution in [3.05, 3.63) is 40.0 Å². The fourth-order valence-electron chi connectivity index (χ4n) is 3.25.